The van der Waals surface area contributed by atoms with E-state index < -0.39 is 10.2 Å². The van der Waals surface area contributed by atoms with Crippen LogP contribution in [-0.4, -0.2) is 55.7 Å². The highest BCUT2D eigenvalue weighted by Gasteiger charge is 2.44. The molecule has 0 radical (unpaired) electrons. The Hall–Kier alpha value is -0.660. The summed E-state index contributed by atoms with van der Waals surface area (Å²) in [7, 11) is -3.31. The summed E-state index contributed by atoms with van der Waals surface area (Å²) in [5.41, 5.74) is -0.000481. The fraction of sp³-hybridized carbons (Fsp3) is 0.929. The van der Waals surface area contributed by atoms with Crippen molar-refractivity contribution in [2.24, 2.45) is 11.3 Å². The quantitative estimate of drug-likeness (QED) is 0.810. The normalized spacial score (nSPS) is 28.9. The summed E-state index contributed by atoms with van der Waals surface area (Å²) < 4.78 is 28.6. The summed E-state index contributed by atoms with van der Waals surface area (Å²) in [5, 5.41) is 2.88. The molecule has 0 unspecified atom stereocenters. The number of carbonyl (C=O) groups is 1. The first kappa shape index (κ1) is 15.2. The Morgan fingerprint density at radius 2 is 1.67 bits per heavy atom. The van der Waals surface area contributed by atoms with Crippen molar-refractivity contribution < 1.29 is 13.2 Å². The van der Waals surface area contributed by atoms with Crippen LogP contribution in [0.1, 0.15) is 39.0 Å². The summed E-state index contributed by atoms with van der Waals surface area (Å²) in [5.74, 6) is 0.730. The number of nitrogens with one attached hydrogen (secondary N) is 1. The Labute approximate surface area is 127 Å². The van der Waals surface area contributed by atoms with Crippen LogP contribution < -0.4 is 5.32 Å². The van der Waals surface area contributed by atoms with Gasteiger partial charge in [0.1, 0.15) is 0 Å². The molecule has 3 rings (SSSR count). The molecule has 120 valence electrons. The number of piperidine rings is 2. The molecule has 0 aromatic rings. The highest BCUT2D eigenvalue weighted by Crippen LogP contribution is 2.38. The van der Waals surface area contributed by atoms with E-state index in [-0.39, 0.29) is 11.3 Å². The number of rotatable bonds is 2. The van der Waals surface area contributed by atoms with Crippen LogP contribution in [0.5, 0.6) is 0 Å². The molecule has 3 fully saturated rings. The topological polar surface area (TPSA) is 69.7 Å². The van der Waals surface area contributed by atoms with Gasteiger partial charge < -0.3 is 5.32 Å². The van der Waals surface area contributed by atoms with E-state index in [4.69, 9.17) is 0 Å². The van der Waals surface area contributed by atoms with Crippen LogP contribution in [0, 0.1) is 11.3 Å². The predicted octanol–water partition coefficient (Wildman–Crippen LogP) is 0.565. The molecule has 1 spiro atoms. The zero-order chi connectivity index (χ0) is 15.1. The minimum Gasteiger partial charge on any atom is -0.356 e. The van der Waals surface area contributed by atoms with E-state index in [9.17, 15) is 13.2 Å². The first-order valence-corrected chi connectivity index (χ1v) is 9.33. The molecule has 3 aliphatic heterocycles. The van der Waals surface area contributed by atoms with Crippen molar-refractivity contribution in [3.05, 3.63) is 0 Å². The lowest BCUT2D eigenvalue weighted by molar-refractivity contribution is -0.119. The van der Waals surface area contributed by atoms with E-state index in [1.54, 1.807) is 8.61 Å². The Morgan fingerprint density at radius 3 is 2.19 bits per heavy atom. The highest BCUT2D eigenvalue weighted by molar-refractivity contribution is 7.86. The van der Waals surface area contributed by atoms with Gasteiger partial charge in [0.25, 0.3) is 10.2 Å². The van der Waals surface area contributed by atoms with Gasteiger partial charge in [-0.2, -0.15) is 17.0 Å². The highest BCUT2D eigenvalue weighted by atomic mass is 32.2. The molecule has 0 aromatic heterocycles. The SMILES string of the molecule is CC1CCN(S(=O)(=O)N2CCC3(CC2)CNC(=O)C3)CC1. The van der Waals surface area contributed by atoms with Crippen molar-refractivity contribution in [2.45, 2.75) is 39.0 Å². The summed E-state index contributed by atoms with van der Waals surface area (Å²) in [6.45, 7) is 5.27. The summed E-state index contributed by atoms with van der Waals surface area (Å²) in [6, 6.07) is 0. The Bertz CT molecular complexity index is 504. The van der Waals surface area contributed by atoms with Crippen molar-refractivity contribution in [2.75, 3.05) is 32.7 Å². The van der Waals surface area contributed by atoms with Gasteiger partial charge in [-0.1, -0.05) is 6.92 Å². The van der Waals surface area contributed by atoms with Gasteiger partial charge in [0.15, 0.2) is 0 Å². The van der Waals surface area contributed by atoms with Gasteiger partial charge >= 0.3 is 0 Å². The van der Waals surface area contributed by atoms with E-state index in [0.717, 1.165) is 25.7 Å². The Morgan fingerprint density at radius 1 is 1.10 bits per heavy atom. The molecule has 0 aromatic carbocycles. The van der Waals surface area contributed by atoms with E-state index in [2.05, 4.69) is 12.2 Å². The van der Waals surface area contributed by atoms with Crippen LogP contribution in [0.3, 0.4) is 0 Å². The second kappa shape index (κ2) is 5.52. The van der Waals surface area contributed by atoms with Gasteiger partial charge in [-0.15, -0.1) is 0 Å². The smallest absolute Gasteiger partial charge is 0.281 e. The number of nitrogens with zero attached hydrogens (tertiary/aromatic N) is 2. The average molecular weight is 315 g/mol. The molecule has 3 heterocycles. The van der Waals surface area contributed by atoms with Gasteiger partial charge in [0.2, 0.25) is 5.91 Å². The average Bonchev–Trinajstić information content (AvgIpc) is 2.81. The lowest BCUT2D eigenvalue weighted by atomic mass is 9.78. The van der Waals surface area contributed by atoms with Crippen molar-refractivity contribution in [1.29, 1.82) is 0 Å². The summed E-state index contributed by atoms with van der Waals surface area (Å²) >= 11 is 0. The van der Waals surface area contributed by atoms with Crippen molar-refractivity contribution >= 4 is 16.1 Å². The maximum absolute atomic E-state index is 12.7. The predicted molar refractivity (Wildman–Crippen MR) is 79.8 cm³/mol. The lowest BCUT2D eigenvalue weighted by Gasteiger charge is -2.40. The van der Waals surface area contributed by atoms with Crippen molar-refractivity contribution in [3.8, 4) is 0 Å². The van der Waals surface area contributed by atoms with Crippen LogP contribution in [0.4, 0.5) is 0 Å². The molecule has 6 nitrogen and oxygen atoms in total. The second-order valence-corrected chi connectivity index (χ2v) is 8.87. The molecular weight excluding hydrogens is 290 g/mol. The molecule has 0 atom stereocenters. The standard InChI is InChI=1S/C14H25N3O3S/c1-12-2-6-16(7-3-12)21(19,20)17-8-4-14(5-9-17)10-13(18)15-11-14/h12H,2-11H2,1H3,(H,15,18). The molecule has 0 bridgehead atoms. The molecule has 3 saturated heterocycles. The molecule has 0 saturated carbocycles. The van der Waals surface area contributed by atoms with E-state index in [1.807, 2.05) is 0 Å². The van der Waals surface area contributed by atoms with Crippen LogP contribution in [0.2, 0.25) is 0 Å². The molecule has 21 heavy (non-hydrogen) atoms. The minimum absolute atomic E-state index is 0.000481. The van der Waals surface area contributed by atoms with E-state index in [0.29, 0.717) is 45.1 Å². The zero-order valence-electron chi connectivity index (χ0n) is 12.7. The summed E-state index contributed by atoms with van der Waals surface area (Å²) in [6.07, 6.45) is 4.04. The Balaban J connectivity index is 1.62. The van der Waals surface area contributed by atoms with Crippen LogP contribution >= 0.6 is 0 Å². The van der Waals surface area contributed by atoms with Gasteiger partial charge in [-0.05, 0) is 37.0 Å². The molecule has 1 amide bonds. The largest absolute Gasteiger partial charge is 0.356 e. The number of hydrogen-bond acceptors (Lipinski definition) is 3. The molecule has 1 N–H and O–H groups in total. The molecular formula is C14H25N3O3S. The third kappa shape index (κ3) is 2.96. The molecule has 0 aliphatic carbocycles. The fourth-order valence-corrected chi connectivity index (χ4v) is 5.32. The molecule has 7 heteroatoms. The van der Waals surface area contributed by atoms with Crippen LogP contribution in [0.25, 0.3) is 0 Å². The van der Waals surface area contributed by atoms with Gasteiger partial charge in [-0.3, -0.25) is 4.79 Å². The maximum Gasteiger partial charge on any atom is 0.281 e. The monoisotopic (exact) mass is 315 g/mol. The third-order valence-electron chi connectivity index (χ3n) is 5.37. The van der Waals surface area contributed by atoms with Gasteiger partial charge in [0.05, 0.1) is 0 Å². The van der Waals surface area contributed by atoms with Crippen LogP contribution in [0.15, 0.2) is 0 Å². The third-order valence-corrected chi connectivity index (χ3v) is 7.41. The van der Waals surface area contributed by atoms with Gasteiger partial charge in [-0.25, -0.2) is 0 Å². The molecule has 3 aliphatic rings. The van der Waals surface area contributed by atoms with Gasteiger partial charge in [0, 0.05) is 39.1 Å². The fourth-order valence-electron chi connectivity index (χ4n) is 3.68. The number of carbonyl (C=O) groups excluding carboxylic acids is 1. The maximum atomic E-state index is 12.7. The minimum atomic E-state index is -3.31. The Kier molecular flexibility index (Phi) is 4.00. The first-order valence-electron chi connectivity index (χ1n) is 7.93. The van der Waals surface area contributed by atoms with Crippen molar-refractivity contribution in [3.63, 3.8) is 0 Å². The van der Waals surface area contributed by atoms with Crippen molar-refractivity contribution in [1.82, 2.24) is 13.9 Å². The number of amides is 1. The second-order valence-electron chi connectivity index (χ2n) is 6.94. The van der Waals surface area contributed by atoms with E-state index >= 15 is 0 Å². The zero-order valence-corrected chi connectivity index (χ0v) is 13.5. The van der Waals surface area contributed by atoms with Crippen LogP contribution in [-0.2, 0) is 15.0 Å². The summed E-state index contributed by atoms with van der Waals surface area (Å²) in [4.78, 5) is 11.4. The first-order chi connectivity index (χ1) is 9.91. The van der Waals surface area contributed by atoms with E-state index in [1.165, 1.54) is 0 Å². The lowest BCUT2D eigenvalue weighted by Crippen LogP contribution is -2.51. The number of hydrogen-bond donors (Lipinski definition) is 1.